The summed E-state index contributed by atoms with van der Waals surface area (Å²) in [6.45, 7) is 9.13. The van der Waals surface area contributed by atoms with Crippen LogP contribution >= 0.6 is 0 Å². The van der Waals surface area contributed by atoms with Gasteiger partial charge in [0.1, 0.15) is 0 Å². The second-order valence-corrected chi connectivity index (χ2v) is 6.19. The number of piperazine rings is 1. The van der Waals surface area contributed by atoms with Crippen LogP contribution in [0.1, 0.15) is 32.1 Å². The Bertz CT molecular complexity index is 226. The van der Waals surface area contributed by atoms with Crippen molar-refractivity contribution in [3.8, 4) is 0 Å². The molecule has 1 atom stereocenters. The standard InChI is InChI=1S/C14H27N3/c1-2-6-15-14(3-1)12-17-9-7-16(8-10-17)11-13-4-5-13/h13-15H,1-12H2/t14-/m1/s1. The summed E-state index contributed by atoms with van der Waals surface area (Å²) in [4.78, 5) is 5.36. The molecule has 1 saturated carbocycles. The highest BCUT2D eigenvalue weighted by molar-refractivity contribution is 4.83. The summed E-state index contributed by atoms with van der Waals surface area (Å²) in [7, 11) is 0. The number of hydrogen-bond acceptors (Lipinski definition) is 3. The molecule has 0 aromatic rings. The van der Waals surface area contributed by atoms with E-state index in [9.17, 15) is 0 Å². The van der Waals surface area contributed by atoms with Crippen LogP contribution in [0.4, 0.5) is 0 Å². The highest BCUT2D eigenvalue weighted by atomic mass is 15.3. The van der Waals surface area contributed by atoms with Gasteiger partial charge in [0.05, 0.1) is 0 Å². The SMILES string of the molecule is C1CC[C@H](CN2CCN(CC3CC3)CC2)NC1. The molecule has 3 aliphatic rings. The molecular formula is C14H27N3. The van der Waals surface area contributed by atoms with Gasteiger partial charge in [-0.15, -0.1) is 0 Å². The van der Waals surface area contributed by atoms with E-state index in [0.29, 0.717) is 0 Å². The lowest BCUT2D eigenvalue weighted by Crippen LogP contribution is -2.51. The van der Waals surface area contributed by atoms with E-state index < -0.39 is 0 Å². The normalized spacial score (nSPS) is 32.8. The quantitative estimate of drug-likeness (QED) is 0.791. The van der Waals surface area contributed by atoms with Crippen molar-refractivity contribution >= 4 is 0 Å². The van der Waals surface area contributed by atoms with Gasteiger partial charge in [-0.1, -0.05) is 6.42 Å². The minimum Gasteiger partial charge on any atom is -0.313 e. The molecule has 2 heterocycles. The maximum absolute atomic E-state index is 3.66. The molecule has 98 valence electrons. The Morgan fingerprint density at radius 3 is 2.12 bits per heavy atom. The largest absolute Gasteiger partial charge is 0.313 e. The molecular weight excluding hydrogens is 210 g/mol. The molecule has 0 aromatic carbocycles. The van der Waals surface area contributed by atoms with Crippen LogP contribution in [0.5, 0.6) is 0 Å². The Labute approximate surface area is 106 Å². The van der Waals surface area contributed by atoms with Crippen molar-refractivity contribution in [2.24, 2.45) is 5.92 Å². The molecule has 0 aromatic heterocycles. The molecule has 2 aliphatic heterocycles. The van der Waals surface area contributed by atoms with Crippen LogP contribution in [0.3, 0.4) is 0 Å². The third-order valence-electron chi connectivity index (χ3n) is 4.57. The summed E-state index contributed by atoms with van der Waals surface area (Å²) in [5.74, 6) is 1.06. The summed E-state index contributed by atoms with van der Waals surface area (Å²) < 4.78 is 0. The Kier molecular flexibility index (Phi) is 3.99. The Morgan fingerprint density at radius 1 is 0.824 bits per heavy atom. The molecule has 0 bridgehead atoms. The lowest BCUT2D eigenvalue weighted by Gasteiger charge is -2.37. The van der Waals surface area contributed by atoms with Crippen molar-refractivity contribution in [2.75, 3.05) is 45.8 Å². The fourth-order valence-corrected chi connectivity index (χ4v) is 3.21. The van der Waals surface area contributed by atoms with Crippen LogP contribution in [-0.2, 0) is 0 Å². The monoisotopic (exact) mass is 237 g/mol. The average molecular weight is 237 g/mol. The highest BCUT2D eigenvalue weighted by Gasteiger charge is 2.27. The summed E-state index contributed by atoms with van der Waals surface area (Å²) in [6.07, 6.45) is 7.19. The van der Waals surface area contributed by atoms with Crippen molar-refractivity contribution in [3.05, 3.63) is 0 Å². The van der Waals surface area contributed by atoms with E-state index in [1.54, 1.807) is 0 Å². The highest BCUT2D eigenvalue weighted by Crippen LogP contribution is 2.29. The molecule has 17 heavy (non-hydrogen) atoms. The average Bonchev–Trinajstić information content (AvgIpc) is 3.17. The summed E-state index contributed by atoms with van der Waals surface area (Å²) in [6, 6.07) is 0.777. The topological polar surface area (TPSA) is 18.5 Å². The zero-order valence-corrected chi connectivity index (χ0v) is 11.0. The summed E-state index contributed by atoms with van der Waals surface area (Å²) >= 11 is 0. The first-order chi connectivity index (χ1) is 8.40. The second-order valence-electron chi connectivity index (χ2n) is 6.19. The van der Waals surface area contributed by atoms with Gasteiger partial charge in [-0.05, 0) is 38.1 Å². The van der Waals surface area contributed by atoms with Crippen molar-refractivity contribution < 1.29 is 0 Å². The van der Waals surface area contributed by atoms with Crippen LogP contribution in [0.25, 0.3) is 0 Å². The van der Waals surface area contributed by atoms with Gasteiger partial charge >= 0.3 is 0 Å². The molecule has 3 fully saturated rings. The fraction of sp³-hybridized carbons (Fsp3) is 1.00. The Morgan fingerprint density at radius 2 is 1.53 bits per heavy atom. The lowest BCUT2D eigenvalue weighted by atomic mass is 10.0. The third kappa shape index (κ3) is 3.67. The van der Waals surface area contributed by atoms with Gasteiger partial charge in [-0.2, -0.15) is 0 Å². The van der Waals surface area contributed by atoms with Gasteiger partial charge in [0.25, 0.3) is 0 Å². The van der Waals surface area contributed by atoms with E-state index in [1.807, 2.05) is 0 Å². The Balaban J connectivity index is 1.35. The molecule has 2 saturated heterocycles. The molecule has 0 amide bonds. The molecule has 3 rings (SSSR count). The third-order valence-corrected chi connectivity index (χ3v) is 4.57. The number of nitrogens with one attached hydrogen (secondary N) is 1. The van der Waals surface area contributed by atoms with Crippen LogP contribution in [-0.4, -0.2) is 61.7 Å². The first kappa shape index (κ1) is 11.9. The van der Waals surface area contributed by atoms with E-state index in [2.05, 4.69) is 15.1 Å². The first-order valence-corrected chi connectivity index (χ1v) is 7.58. The smallest absolute Gasteiger partial charge is 0.0195 e. The molecule has 0 spiro atoms. The van der Waals surface area contributed by atoms with E-state index in [1.165, 1.54) is 77.9 Å². The molecule has 0 unspecified atom stereocenters. The molecule has 1 N–H and O–H groups in total. The van der Waals surface area contributed by atoms with Crippen molar-refractivity contribution in [1.82, 2.24) is 15.1 Å². The van der Waals surface area contributed by atoms with Crippen molar-refractivity contribution in [3.63, 3.8) is 0 Å². The lowest BCUT2D eigenvalue weighted by molar-refractivity contribution is 0.115. The van der Waals surface area contributed by atoms with Crippen molar-refractivity contribution in [1.29, 1.82) is 0 Å². The first-order valence-electron chi connectivity index (χ1n) is 7.58. The van der Waals surface area contributed by atoms with Crippen LogP contribution < -0.4 is 5.32 Å². The number of hydrogen-bond donors (Lipinski definition) is 1. The number of rotatable bonds is 4. The van der Waals surface area contributed by atoms with Gasteiger partial charge in [0, 0.05) is 45.3 Å². The van der Waals surface area contributed by atoms with E-state index in [0.717, 1.165) is 12.0 Å². The summed E-state index contributed by atoms with van der Waals surface area (Å²) in [5, 5.41) is 3.66. The number of piperidine rings is 1. The predicted molar refractivity (Wildman–Crippen MR) is 71.2 cm³/mol. The van der Waals surface area contributed by atoms with Crippen LogP contribution in [0, 0.1) is 5.92 Å². The maximum atomic E-state index is 3.66. The van der Waals surface area contributed by atoms with E-state index in [4.69, 9.17) is 0 Å². The maximum Gasteiger partial charge on any atom is 0.0195 e. The van der Waals surface area contributed by atoms with Gasteiger partial charge in [-0.25, -0.2) is 0 Å². The molecule has 1 aliphatic carbocycles. The van der Waals surface area contributed by atoms with Gasteiger partial charge in [-0.3, -0.25) is 4.90 Å². The minimum absolute atomic E-state index is 0.777. The zero-order chi connectivity index (χ0) is 11.5. The van der Waals surface area contributed by atoms with Gasteiger partial charge in [0.15, 0.2) is 0 Å². The van der Waals surface area contributed by atoms with E-state index >= 15 is 0 Å². The Hall–Kier alpha value is -0.120. The van der Waals surface area contributed by atoms with Crippen LogP contribution in [0.15, 0.2) is 0 Å². The van der Waals surface area contributed by atoms with Gasteiger partial charge < -0.3 is 10.2 Å². The molecule has 0 radical (unpaired) electrons. The van der Waals surface area contributed by atoms with E-state index in [-0.39, 0.29) is 0 Å². The zero-order valence-electron chi connectivity index (χ0n) is 11.0. The molecule has 3 heteroatoms. The molecule has 3 nitrogen and oxygen atoms in total. The fourth-order valence-electron chi connectivity index (χ4n) is 3.21. The number of nitrogens with zero attached hydrogens (tertiary/aromatic N) is 2. The minimum atomic E-state index is 0.777. The second kappa shape index (κ2) is 5.68. The predicted octanol–water partition coefficient (Wildman–Crippen LogP) is 1.16. The summed E-state index contributed by atoms with van der Waals surface area (Å²) in [5.41, 5.74) is 0. The van der Waals surface area contributed by atoms with Crippen LogP contribution in [0.2, 0.25) is 0 Å². The van der Waals surface area contributed by atoms with Gasteiger partial charge in [0.2, 0.25) is 0 Å². The van der Waals surface area contributed by atoms with Crippen molar-refractivity contribution in [2.45, 2.75) is 38.1 Å².